The Morgan fingerprint density at radius 3 is 2.89 bits per heavy atom. The Balaban J connectivity index is 1.51. The van der Waals surface area contributed by atoms with Crippen molar-refractivity contribution < 1.29 is 23.8 Å². The van der Waals surface area contributed by atoms with Crippen molar-refractivity contribution in [3.8, 4) is 17.6 Å². The summed E-state index contributed by atoms with van der Waals surface area (Å²) in [6.07, 6.45) is 3.62. The van der Waals surface area contributed by atoms with Crippen molar-refractivity contribution in [2.75, 3.05) is 25.1 Å². The van der Waals surface area contributed by atoms with E-state index in [9.17, 15) is 9.59 Å². The Kier molecular flexibility index (Phi) is 6.07. The fourth-order valence-corrected chi connectivity index (χ4v) is 3.04. The number of hydrogen-bond donors (Lipinski definition) is 1. The van der Waals surface area contributed by atoms with Crippen molar-refractivity contribution in [2.45, 2.75) is 6.42 Å². The Morgan fingerprint density at radius 2 is 2.07 bits per heavy atom. The van der Waals surface area contributed by atoms with E-state index < -0.39 is 18.5 Å². The van der Waals surface area contributed by atoms with E-state index in [0.717, 1.165) is 12.0 Å². The fourth-order valence-electron chi connectivity index (χ4n) is 2.29. The van der Waals surface area contributed by atoms with Gasteiger partial charge in [0.2, 0.25) is 0 Å². The van der Waals surface area contributed by atoms with E-state index in [0.29, 0.717) is 35.3 Å². The van der Waals surface area contributed by atoms with Crippen LogP contribution in [0.2, 0.25) is 0 Å². The minimum Gasteiger partial charge on any atom is -0.490 e. The number of nitrogens with zero attached hydrogens (tertiary/aromatic N) is 1. The zero-order valence-corrected chi connectivity index (χ0v) is 15.1. The molecular formula is C19H16N2O5S. The Labute approximate surface area is 159 Å². The number of carbonyl (C=O) groups excluding carboxylic acids is 2. The van der Waals surface area contributed by atoms with Gasteiger partial charge in [-0.25, -0.2) is 4.79 Å². The molecule has 0 spiro atoms. The summed E-state index contributed by atoms with van der Waals surface area (Å²) < 4.78 is 16.1. The van der Waals surface area contributed by atoms with Crippen LogP contribution in [0.5, 0.6) is 11.5 Å². The molecule has 3 rings (SSSR count). The van der Waals surface area contributed by atoms with E-state index in [1.54, 1.807) is 35.7 Å². The van der Waals surface area contributed by atoms with Gasteiger partial charge in [-0.2, -0.15) is 5.26 Å². The second kappa shape index (κ2) is 8.87. The molecule has 0 fully saturated rings. The predicted molar refractivity (Wildman–Crippen MR) is 99.7 cm³/mol. The van der Waals surface area contributed by atoms with Gasteiger partial charge < -0.3 is 19.5 Å². The summed E-state index contributed by atoms with van der Waals surface area (Å²) >= 11 is 1.23. The molecule has 0 saturated heterocycles. The zero-order chi connectivity index (χ0) is 19.1. The lowest BCUT2D eigenvalue weighted by molar-refractivity contribution is -0.142. The minimum atomic E-state index is -0.649. The van der Waals surface area contributed by atoms with Crippen molar-refractivity contribution in [2.24, 2.45) is 0 Å². The number of benzene rings is 1. The van der Waals surface area contributed by atoms with Crippen LogP contribution in [0.4, 0.5) is 5.00 Å². The van der Waals surface area contributed by atoms with Gasteiger partial charge in [-0.05, 0) is 35.2 Å². The quantitative estimate of drug-likeness (QED) is 0.629. The Bertz CT molecular complexity index is 913. The fraction of sp³-hybridized carbons (Fsp3) is 0.211. The molecule has 1 amide bonds. The lowest BCUT2D eigenvalue weighted by atomic mass is 10.2. The smallest absolute Gasteiger partial charge is 0.331 e. The van der Waals surface area contributed by atoms with Crippen molar-refractivity contribution in [3.05, 3.63) is 46.8 Å². The lowest BCUT2D eigenvalue weighted by Gasteiger charge is -2.07. The zero-order valence-electron chi connectivity index (χ0n) is 14.3. The monoisotopic (exact) mass is 384 g/mol. The number of carbonyl (C=O) groups is 2. The largest absolute Gasteiger partial charge is 0.490 e. The molecule has 1 N–H and O–H groups in total. The molecule has 0 saturated carbocycles. The SMILES string of the molecule is N#Cc1ccsc1NC(=O)COC(=O)/C=C/c1ccc2c(c1)OCCCO2. The van der Waals surface area contributed by atoms with Crippen LogP contribution in [0.25, 0.3) is 6.08 Å². The van der Waals surface area contributed by atoms with Crippen LogP contribution in [0.15, 0.2) is 35.7 Å². The van der Waals surface area contributed by atoms with Gasteiger partial charge in [0.15, 0.2) is 18.1 Å². The first-order chi connectivity index (χ1) is 13.2. The first-order valence-electron chi connectivity index (χ1n) is 8.17. The number of amides is 1. The number of rotatable bonds is 5. The third-order valence-corrected chi connectivity index (χ3v) is 4.40. The predicted octanol–water partition coefficient (Wildman–Crippen LogP) is 2.98. The van der Waals surface area contributed by atoms with Crippen molar-refractivity contribution in [1.82, 2.24) is 0 Å². The van der Waals surface area contributed by atoms with Crippen molar-refractivity contribution >= 4 is 34.3 Å². The van der Waals surface area contributed by atoms with Crippen LogP contribution in [0, 0.1) is 11.3 Å². The molecule has 8 heteroatoms. The summed E-state index contributed by atoms with van der Waals surface area (Å²) in [6.45, 7) is 0.750. The van der Waals surface area contributed by atoms with E-state index >= 15 is 0 Å². The maximum Gasteiger partial charge on any atom is 0.331 e. The van der Waals surface area contributed by atoms with E-state index in [-0.39, 0.29) is 0 Å². The summed E-state index contributed by atoms with van der Waals surface area (Å²) in [5, 5.41) is 13.6. The standard InChI is InChI=1S/C19H16N2O5S/c20-11-14-6-9-27-19(14)21-17(22)12-26-18(23)5-3-13-2-4-15-16(10-13)25-8-1-7-24-15/h2-6,9-10H,1,7-8,12H2,(H,21,22)/b5-3+. The van der Waals surface area contributed by atoms with E-state index in [4.69, 9.17) is 19.5 Å². The lowest BCUT2D eigenvalue weighted by Crippen LogP contribution is -2.19. The van der Waals surface area contributed by atoms with Crippen molar-refractivity contribution in [3.63, 3.8) is 0 Å². The third kappa shape index (κ3) is 5.09. The summed E-state index contributed by atoms with van der Waals surface area (Å²) in [4.78, 5) is 23.6. The van der Waals surface area contributed by atoms with Gasteiger partial charge in [0, 0.05) is 12.5 Å². The van der Waals surface area contributed by atoms with Gasteiger partial charge in [-0.15, -0.1) is 11.3 Å². The summed E-state index contributed by atoms with van der Waals surface area (Å²) in [5.41, 5.74) is 1.12. The summed E-state index contributed by atoms with van der Waals surface area (Å²) in [7, 11) is 0. The molecule has 0 aliphatic carbocycles. The normalized spacial score (nSPS) is 12.9. The van der Waals surface area contributed by atoms with Crippen molar-refractivity contribution in [1.29, 1.82) is 5.26 Å². The average molecular weight is 384 g/mol. The maximum absolute atomic E-state index is 11.8. The van der Waals surface area contributed by atoms with Gasteiger partial charge in [-0.3, -0.25) is 4.79 Å². The first-order valence-corrected chi connectivity index (χ1v) is 9.05. The second-order valence-electron chi connectivity index (χ2n) is 5.52. The van der Waals surface area contributed by atoms with Crippen LogP contribution in [-0.4, -0.2) is 31.7 Å². The molecule has 138 valence electrons. The highest BCUT2D eigenvalue weighted by Gasteiger charge is 2.11. The number of hydrogen-bond acceptors (Lipinski definition) is 7. The van der Waals surface area contributed by atoms with Crippen LogP contribution in [0.1, 0.15) is 17.5 Å². The third-order valence-electron chi connectivity index (χ3n) is 3.57. The van der Waals surface area contributed by atoms with Crippen LogP contribution < -0.4 is 14.8 Å². The molecule has 0 bridgehead atoms. The Hall–Kier alpha value is -3.31. The first kappa shape index (κ1) is 18.5. The highest BCUT2D eigenvalue weighted by Crippen LogP contribution is 2.30. The molecule has 7 nitrogen and oxygen atoms in total. The number of ether oxygens (including phenoxy) is 3. The minimum absolute atomic E-state index is 0.369. The number of nitrogens with one attached hydrogen (secondary N) is 1. The molecule has 0 atom stereocenters. The Morgan fingerprint density at radius 1 is 1.26 bits per heavy atom. The molecule has 0 radical (unpaired) electrons. The molecule has 0 unspecified atom stereocenters. The molecule has 1 aliphatic heterocycles. The summed E-state index contributed by atoms with van der Waals surface area (Å²) in [5.74, 6) is 0.149. The number of esters is 1. The molecular weight excluding hydrogens is 368 g/mol. The van der Waals surface area contributed by atoms with Gasteiger partial charge in [0.05, 0.1) is 18.8 Å². The number of anilines is 1. The van der Waals surface area contributed by atoms with Crippen LogP contribution in [-0.2, 0) is 14.3 Å². The number of nitriles is 1. The number of fused-ring (bicyclic) bond motifs is 1. The van der Waals surface area contributed by atoms with Crippen LogP contribution in [0.3, 0.4) is 0 Å². The molecule has 1 aromatic heterocycles. The molecule has 2 heterocycles. The number of thiophene rings is 1. The highest BCUT2D eigenvalue weighted by molar-refractivity contribution is 7.14. The van der Waals surface area contributed by atoms with Gasteiger partial charge in [-0.1, -0.05) is 6.07 Å². The summed E-state index contributed by atoms with van der Waals surface area (Å²) in [6, 6.07) is 8.92. The topological polar surface area (TPSA) is 97.7 Å². The maximum atomic E-state index is 11.8. The molecule has 2 aromatic rings. The van der Waals surface area contributed by atoms with E-state index in [1.165, 1.54) is 17.4 Å². The average Bonchev–Trinajstić information content (AvgIpc) is 2.99. The molecule has 1 aromatic carbocycles. The van der Waals surface area contributed by atoms with Gasteiger partial charge in [0.25, 0.3) is 5.91 Å². The van der Waals surface area contributed by atoms with E-state index in [2.05, 4.69) is 5.32 Å². The van der Waals surface area contributed by atoms with Gasteiger partial charge in [0.1, 0.15) is 11.1 Å². The van der Waals surface area contributed by atoms with Crippen LogP contribution >= 0.6 is 11.3 Å². The van der Waals surface area contributed by atoms with E-state index in [1.807, 2.05) is 6.07 Å². The highest BCUT2D eigenvalue weighted by atomic mass is 32.1. The van der Waals surface area contributed by atoms with Gasteiger partial charge >= 0.3 is 5.97 Å². The second-order valence-corrected chi connectivity index (χ2v) is 6.44. The molecule has 1 aliphatic rings. The molecule has 27 heavy (non-hydrogen) atoms.